The van der Waals surface area contributed by atoms with Gasteiger partial charge in [0.25, 0.3) is 0 Å². The van der Waals surface area contributed by atoms with E-state index >= 15 is 0 Å². The molecule has 1 heterocycles. The van der Waals surface area contributed by atoms with Gasteiger partial charge in [0, 0.05) is 6.07 Å². The van der Waals surface area contributed by atoms with E-state index in [9.17, 15) is 9.59 Å². The number of aryl methyl sites for hydroxylation is 2. The van der Waals surface area contributed by atoms with E-state index in [0.29, 0.717) is 22.5 Å². The normalized spacial score (nSPS) is 13.0. The van der Waals surface area contributed by atoms with Gasteiger partial charge in [0.1, 0.15) is 23.3 Å². The molecule has 3 aromatic rings. The Morgan fingerprint density at radius 3 is 2.40 bits per heavy atom. The lowest BCUT2D eigenvalue weighted by Gasteiger charge is -2.17. The van der Waals surface area contributed by atoms with E-state index in [1.807, 2.05) is 45.9 Å². The van der Waals surface area contributed by atoms with Crippen molar-refractivity contribution in [1.29, 1.82) is 0 Å². The van der Waals surface area contributed by atoms with Crippen molar-refractivity contribution in [3.05, 3.63) is 64.0 Å². The van der Waals surface area contributed by atoms with Crippen molar-refractivity contribution in [3.8, 4) is 17.2 Å². The Balaban J connectivity index is 1.80. The van der Waals surface area contributed by atoms with E-state index in [-0.39, 0.29) is 17.3 Å². The molecule has 3 rings (SSSR count). The number of esters is 1. The first-order valence-electron chi connectivity index (χ1n) is 9.95. The number of carbonyl (C=O) groups is 1. The predicted molar refractivity (Wildman–Crippen MR) is 114 cm³/mol. The smallest absolute Gasteiger partial charge is 0.347 e. The summed E-state index contributed by atoms with van der Waals surface area (Å²) in [4.78, 5) is 24.9. The van der Waals surface area contributed by atoms with Crippen molar-refractivity contribution < 1.29 is 23.4 Å². The molecule has 1 aromatic heterocycles. The van der Waals surface area contributed by atoms with Gasteiger partial charge >= 0.3 is 5.97 Å². The number of hydrogen-bond acceptors (Lipinski definition) is 6. The van der Waals surface area contributed by atoms with Crippen LogP contribution < -0.4 is 14.9 Å². The third-order valence-corrected chi connectivity index (χ3v) is 4.67. The highest BCUT2D eigenvalue weighted by Gasteiger charge is 2.19. The Morgan fingerprint density at radius 2 is 1.73 bits per heavy atom. The van der Waals surface area contributed by atoms with Crippen molar-refractivity contribution in [2.75, 3.05) is 0 Å². The third-order valence-electron chi connectivity index (χ3n) is 4.67. The second kappa shape index (κ2) is 9.03. The van der Waals surface area contributed by atoms with E-state index in [2.05, 4.69) is 0 Å². The van der Waals surface area contributed by atoms with Crippen molar-refractivity contribution in [3.63, 3.8) is 0 Å². The van der Waals surface area contributed by atoms with Crippen LogP contribution >= 0.6 is 0 Å². The zero-order valence-electron chi connectivity index (χ0n) is 17.9. The molecule has 0 aliphatic carbocycles. The molecule has 0 radical (unpaired) electrons. The number of hydrogen-bond donors (Lipinski definition) is 0. The van der Waals surface area contributed by atoms with E-state index in [4.69, 9.17) is 18.6 Å². The molecule has 0 aliphatic heterocycles. The third kappa shape index (κ3) is 5.00. The molecule has 0 N–H and O–H groups in total. The van der Waals surface area contributed by atoms with Gasteiger partial charge in [-0.05, 0) is 69.5 Å². The van der Waals surface area contributed by atoms with Gasteiger partial charge in [-0.15, -0.1) is 0 Å². The lowest BCUT2D eigenvalue weighted by molar-refractivity contribution is -0.155. The standard InChI is InChI=1S/C24H26O6/c1-6-16(4)28-24(26)17(5)29-18-7-8-20-21(12-18)27-13-22(23(20)25)30-19-10-14(2)9-15(3)11-19/h7-13,16-17H,6H2,1-5H3/t16-,17+/m1/s1. The van der Waals surface area contributed by atoms with E-state index in [1.165, 1.54) is 6.26 Å². The summed E-state index contributed by atoms with van der Waals surface area (Å²) in [6, 6.07) is 10.5. The Kier molecular flexibility index (Phi) is 6.45. The van der Waals surface area contributed by atoms with E-state index in [1.54, 1.807) is 25.1 Å². The quantitative estimate of drug-likeness (QED) is 0.491. The minimum absolute atomic E-state index is 0.103. The van der Waals surface area contributed by atoms with Crippen LogP contribution in [0.1, 0.15) is 38.3 Å². The average molecular weight is 410 g/mol. The van der Waals surface area contributed by atoms with Crippen molar-refractivity contribution in [2.45, 2.75) is 53.2 Å². The second-order valence-electron chi connectivity index (χ2n) is 7.43. The zero-order chi connectivity index (χ0) is 21.8. The monoisotopic (exact) mass is 410 g/mol. The summed E-state index contributed by atoms with van der Waals surface area (Å²) >= 11 is 0. The van der Waals surface area contributed by atoms with Gasteiger partial charge < -0.3 is 18.6 Å². The maximum Gasteiger partial charge on any atom is 0.347 e. The lowest BCUT2D eigenvalue weighted by Crippen LogP contribution is -2.29. The highest BCUT2D eigenvalue weighted by Crippen LogP contribution is 2.26. The van der Waals surface area contributed by atoms with Crippen LogP contribution in [0.2, 0.25) is 0 Å². The van der Waals surface area contributed by atoms with Gasteiger partial charge in [0.2, 0.25) is 11.2 Å². The molecule has 2 aromatic carbocycles. The molecule has 0 saturated carbocycles. The Labute approximate surface area is 175 Å². The lowest BCUT2D eigenvalue weighted by atomic mass is 10.1. The van der Waals surface area contributed by atoms with Crippen molar-refractivity contribution >= 4 is 16.9 Å². The highest BCUT2D eigenvalue weighted by molar-refractivity contribution is 5.79. The summed E-state index contributed by atoms with van der Waals surface area (Å²) < 4.78 is 22.3. The fraction of sp³-hybridized carbons (Fsp3) is 0.333. The molecular weight excluding hydrogens is 384 g/mol. The molecule has 6 heteroatoms. The molecule has 6 nitrogen and oxygen atoms in total. The van der Waals surface area contributed by atoms with Crippen LogP contribution in [-0.4, -0.2) is 18.2 Å². The van der Waals surface area contributed by atoms with E-state index < -0.39 is 12.1 Å². The number of rotatable bonds is 7. The number of fused-ring (bicyclic) bond motifs is 1. The Hall–Kier alpha value is -3.28. The molecular formula is C24H26O6. The molecule has 0 aliphatic rings. The summed E-state index contributed by atoms with van der Waals surface area (Å²) in [5.74, 6) is 0.643. The maximum atomic E-state index is 12.8. The average Bonchev–Trinajstić information content (AvgIpc) is 2.69. The summed E-state index contributed by atoms with van der Waals surface area (Å²) in [5.41, 5.74) is 2.13. The van der Waals surface area contributed by atoms with Crippen LogP contribution in [-0.2, 0) is 9.53 Å². The first kappa shape index (κ1) is 21.4. The molecule has 0 bridgehead atoms. The van der Waals surface area contributed by atoms with Gasteiger partial charge in [0.15, 0.2) is 6.10 Å². The Morgan fingerprint density at radius 1 is 1.03 bits per heavy atom. The minimum atomic E-state index is -0.782. The number of carbonyl (C=O) groups excluding carboxylic acids is 1. The van der Waals surface area contributed by atoms with Crippen LogP contribution in [0.4, 0.5) is 0 Å². The summed E-state index contributed by atoms with van der Waals surface area (Å²) in [7, 11) is 0. The van der Waals surface area contributed by atoms with Gasteiger partial charge in [-0.1, -0.05) is 13.0 Å². The topological polar surface area (TPSA) is 75.0 Å². The van der Waals surface area contributed by atoms with Gasteiger partial charge in [-0.3, -0.25) is 4.79 Å². The molecule has 158 valence electrons. The van der Waals surface area contributed by atoms with Crippen LogP contribution in [0.25, 0.3) is 11.0 Å². The number of ether oxygens (including phenoxy) is 3. The zero-order valence-corrected chi connectivity index (χ0v) is 17.9. The maximum absolute atomic E-state index is 12.8. The summed E-state index contributed by atoms with van der Waals surface area (Å²) in [6.07, 6.45) is 1.06. The first-order chi connectivity index (χ1) is 14.3. The molecule has 0 amide bonds. The summed E-state index contributed by atoms with van der Waals surface area (Å²) in [6.45, 7) is 9.31. The second-order valence-corrected chi connectivity index (χ2v) is 7.43. The summed E-state index contributed by atoms with van der Waals surface area (Å²) in [5, 5.41) is 0.360. The fourth-order valence-electron chi connectivity index (χ4n) is 2.98. The number of benzene rings is 2. The SMILES string of the molecule is CC[C@@H](C)OC(=O)[C@H](C)Oc1ccc2c(=O)c(Oc3cc(C)cc(C)c3)coc2c1. The predicted octanol–water partition coefficient (Wildman–Crippen LogP) is 5.31. The van der Waals surface area contributed by atoms with Gasteiger partial charge in [-0.2, -0.15) is 0 Å². The van der Waals surface area contributed by atoms with Gasteiger partial charge in [-0.25, -0.2) is 4.79 Å². The van der Waals surface area contributed by atoms with Crippen molar-refractivity contribution in [2.24, 2.45) is 0 Å². The highest BCUT2D eigenvalue weighted by atomic mass is 16.6. The van der Waals surface area contributed by atoms with Crippen LogP contribution in [0.3, 0.4) is 0 Å². The first-order valence-corrected chi connectivity index (χ1v) is 9.95. The fourth-order valence-corrected chi connectivity index (χ4v) is 2.98. The molecule has 0 unspecified atom stereocenters. The Bertz CT molecular complexity index is 1090. The van der Waals surface area contributed by atoms with E-state index in [0.717, 1.165) is 17.5 Å². The van der Waals surface area contributed by atoms with Crippen molar-refractivity contribution in [1.82, 2.24) is 0 Å². The largest absolute Gasteiger partial charge is 0.479 e. The molecule has 0 fully saturated rings. The van der Waals surface area contributed by atoms with Crippen LogP contribution in [0, 0.1) is 13.8 Å². The molecule has 0 saturated heterocycles. The molecule has 30 heavy (non-hydrogen) atoms. The molecule has 2 atom stereocenters. The van der Waals surface area contributed by atoms with Crippen LogP contribution in [0.5, 0.6) is 17.2 Å². The molecule has 0 spiro atoms. The van der Waals surface area contributed by atoms with Gasteiger partial charge in [0.05, 0.1) is 11.5 Å². The minimum Gasteiger partial charge on any atom is -0.479 e. The van der Waals surface area contributed by atoms with Crippen LogP contribution in [0.15, 0.2) is 51.9 Å².